The summed E-state index contributed by atoms with van der Waals surface area (Å²) < 4.78 is 25.3. The van der Waals surface area contributed by atoms with Crippen LogP contribution in [0, 0.1) is 5.92 Å². The normalized spacial score (nSPS) is 20.9. The molecule has 1 saturated carbocycles. The number of nitrogens with one attached hydrogen (secondary N) is 1. The van der Waals surface area contributed by atoms with E-state index >= 15 is 0 Å². The van der Waals surface area contributed by atoms with Crippen LogP contribution in [0.4, 0.5) is 8.78 Å². The summed E-state index contributed by atoms with van der Waals surface area (Å²) >= 11 is 1.66. The van der Waals surface area contributed by atoms with Crippen molar-refractivity contribution in [1.29, 1.82) is 0 Å². The van der Waals surface area contributed by atoms with Gasteiger partial charge in [-0.25, -0.2) is 8.78 Å². The minimum Gasteiger partial charge on any atom is -0.301 e. The maximum atomic E-state index is 12.7. The van der Waals surface area contributed by atoms with Gasteiger partial charge in [0.2, 0.25) is 0 Å². The molecular formula is C13H19F2NS. The van der Waals surface area contributed by atoms with Crippen molar-refractivity contribution >= 4 is 11.3 Å². The lowest BCUT2D eigenvalue weighted by molar-refractivity contribution is 0.0947. The lowest BCUT2D eigenvalue weighted by atomic mass is 9.96. The summed E-state index contributed by atoms with van der Waals surface area (Å²) in [4.78, 5) is 1.20. The first-order valence-corrected chi connectivity index (χ1v) is 7.14. The Kier molecular flexibility index (Phi) is 4.51. The van der Waals surface area contributed by atoms with Crippen molar-refractivity contribution in [2.24, 2.45) is 5.92 Å². The third-order valence-corrected chi connectivity index (χ3v) is 4.50. The molecule has 1 N–H and O–H groups in total. The van der Waals surface area contributed by atoms with Crippen molar-refractivity contribution in [2.45, 2.75) is 51.1 Å². The second kappa shape index (κ2) is 5.91. The summed E-state index contributed by atoms with van der Waals surface area (Å²) in [6, 6.07) is 3.43. The second-order valence-electron chi connectivity index (χ2n) is 4.83. The predicted octanol–water partition coefficient (Wildman–Crippen LogP) is 4.22. The topological polar surface area (TPSA) is 12.0 Å². The van der Waals surface area contributed by atoms with Gasteiger partial charge < -0.3 is 5.32 Å². The summed E-state index contributed by atoms with van der Waals surface area (Å²) in [6.07, 6.45) is 2.49. The Morgan fingerprint density at radius 2 is 2.06 bits per heavy atom. The Bertz CT molecular complexity index is 320. The van der Waals surface area contributed by atoms with Gasteiger partial charge >= 0.3 is 0 Å². The van der Waals surface area contributed by atoms with Gasteiger partial charge in [0, 0.05) is 10.9 Å². The molecule has 1 heterocycles. The lowest BCUT2D eigenvalue weighted by Crippen LogP contribution is -2.38. The first kappa shape index (κ1) is 13.0. The molecule has 1 aliphatic carbocycles. The molecule has 0 aliphatic heterocycles. The Labute approximate surface area is 105 Å². The van der Waals surface area contributed by atoms with Gasteiger partial charge in [-0.3, -0.25) is 0 Å². The zero-order chi connectivity index (χ0) is 12.3. The Morgan fingerprint density at radius 3 is 2.59 bits per heavy atom. The van der Waals surface area contributed by atoms with Crippen molar-refractivity contribution in [1.82, 2.24) is 5.32 Å². The zero-order valence-electron chi connectivity index (χ0n) is 10.0. The van der Waals surface area contributed by atoms with Crippen LogP contribution in [-0.2, 0) is 0 Å². The van der Waals surface area contributed by atoms with E-state index in [0.29, 0.717) is 5.92 Å². The quantitative estimate of drug-likeness (QED) is 0.834. The highest BCUT2D eigenvalue weighted by Crippen LogP contribution is 2.37. The van der Waals surface area contributed by atoms with Gasteiger partial charge in [0.05, 0.1) is 6.04 Å². The van der Waals surface area contributed by atoms with Crippen molar-refractivity contribution in [3.63, 3.8) is 0 Å². The molecule has 1 fully saturated rings. The molecule has 17 heavy (non-hydrogen) atoms. The van der Waals surface area contributed by atoms with Crippen molar-refractivity contribution in [3.05, 3.63) is 22.4 Å². The molecule has 1 aliphatic rings. The molecular weight excluding hydrogens is 240 g/mol. The molecule has 1 aromatic heterocycles. The maximum absolute atomic E-state index is 12.7. The van der Waals surface area contributed by atoms with E-state index in [1.165, 1.54) is 17.7 Å². The minimum atomic E-state index is -2.29. The fraction of sp³-hybridized carbons (Fsp3) is 0.692. The van der Waals surface area contributed by atoms with Crippen LogP contribution in [0.25, 0.3) is 0 Å². The first-order valence-electron chi connectivity index (χ1n) is 6.26. The fourth-order valence-electron chi connectivity index (χ4n) is 2.57. The van der Waals surface area contributed by atoms with E-state index in [2.05, 4.69) is 11.4 Å². The molecule has 0 amide bonds. The molecule has 96 valence electrons. The van der Waals surface area contributed by atoms with Crippen LogP contribution in [0.5, 0.6) is 0 Å². The lowest BCUT2D eigenvalue weighted by Gasteiger charge is -2.27. The van der Waals surface area contributed by atoms with Gasteiger partial charge in [0.1, 0.15) is 0 Å². The molecule has 1 aromatic rings. The molecule has 0 aromatic carbocycles. The molecule has 2 atom stereocenters. The largest absolute Gasteiger partial charge is 0.301 e. The monoisotopic (exact) mass is 259 g/mol. The highest BCUT2D eigenvalue weighted by molar-refractivity contribution is 7.10. The highest BCUT2D eigenvalue weighted by atomic mass is 32.1. The van der Waals surface area contributed by atoms with E-state index in [1.807, 2.05) is 11.4 Å². The van der Waals surface area contributed by atoms with E-state index in [1.54, 1.807) is 18.3 Å². The third kappa shape index (κ3) is 3.26. The predicted molar refractivity (Wildman–Crippen MR) is 67.6 cm³/mol. The standard InChI is InChI=1S/C13H19F2NS/c1-9(13(14)15)16-12(10-5-2-3-6-10)11-7-4-8-17-11/h4,7-10,12-13,16H,2-3,5-6H2,1H3. The summed E-state index contributed by atoms with van der Waals surface area (Å²) in [6.45, 7) is 1.57. The van der Waals surface area contributed by atoms with E-state index in [-0.39, 0.29) is 6.04 Å². The van der Waals surface area contributed by atoms with Gasteiger partial charge in [0.25, 0.3) is 6.43 Å². The molecule has 0 bridgehead atoms. The van der Waals surface area contributed by atoms with Crippen LogP contribution >= 0.6 is 11.3 Å². The van der Waals surface area contributed by atoms with Crippen LogP contribution in [0.15, 0.2) is 17.5 Å². The second-order valence-corrected chi connectivity index (χ2v) is 5.81. The van der Waals surface area contributed by atoms with Crippen LogP contribution in [0.2, 0.25) is 0 Å². The molecule has 0 radical (unpaired) electrons. The molecule has 0 spiro atoms. The number of alkyl halides is 2. The molecule has 0 saturated heterocycles. The van der Waals surface area contributed by atoms with Gasteiger partial charge in [-0.15, -0.1) is 11.3 Å². The van der Waals surface area contributed by atoms with Crippen molar-refractivity contribution < 1.29 is 8.78 Å². The molecule has 4 heteroatoms. The average Bonchev–Trinajstić information content (AvgIpc) is 2.98. The zero-order valence-corrected chi connectivity index (χ0v) is 10.9. The number of halogens is 2. The molecule has 1 nitrogen and oxygen atoms in total. The maximum Gasteiger partial charge on any atom is 0.253 e. The van der Waals surface area contributed by atoms with E-state index in [4.69, 9.17) is 0 Å². The van der Waals surface area contributed by atoms with Crippen LogP contribution < -0.4 is 5.32 Å². The molecule has 2 unspecified atom stereocenters. The summed E-state index contributed by atoms with van der Waals surface area (Å²) in [7, 11) is 0. The SMILES string of the molecule is CC(NC(c1cccs1)C1CCCC1)C(F)F. The average molecular weight is 259 g/mol. The third-order valence-electron chi connectivity index (χ3n) is 3.54. The Morgan fingerprint density at radius 1 is 1.35 bits per heavy atom. The number of rotatable bonds is 5. The van der Waals surface area contributed by atoms with Crippen molar-refractivity contribution in [2.75, 3.05) is 0 Å². The van der Waals surface area contributed by atoms with Crippen LogP contribution in [0.1, 0.15) is 43.5 Å². The summed E-state index contributed by atoms with van der Waals surface area (Å²) in [5, 5.41) is 5.14. The van der Waals surface area contributed by atoms with E-state index in [9.17, 15) is 8.78 Å². The summed E-state index contributed by atoms with van der Waals surface area (Å²) in [5.41, 5.74) is 0. The van der Waals surface area contributed by atoms with Crippen LogP contribution in [0.3, 0.4) is 0 Å². The van der Waals surface area contributed by atoms with Gasteiger partial charge in [-0.1, -0.05) is 18.9 Å². The van der Waals surface area contributed by atoms with E-state index < -0.39 is 12.5 Å². The van der Waals surface area contributed by atoms with Gasteiger partial charge in [0.15, 0.2) is 0 Å². The smallest absolute Gasteiger partial charge is 0.253 e. The number of thiophene rings is 1. The fourth-order valence-corrected chi connectivity index (χ4v) is 3.44. The van der Waals surface area contributed by atoms with Gasteiger partial charge in [-0.05, 0) is 37.1 Å². The highest BCUT2D eigenvalue weighted by Gasteiger charge is 2.29. The van der Waals surface area contributed by atoms with Crippen LogP contribution in [-0.4, -0.2) is 12.5 Å². The number of hydrogen-bond acceptors (Lipinski definition) is 2. The Balaban J connectivity index is 2.07. The molecule has 2 rings (SSSR count). The summed E-state index contributed by atoms with van der Waals surface area (Å²) in [5.74, 6) is 0.523. The Hall–Kier alpha value is -0.480. The minimum absolute atomic E-state index is 0.113. The van der Waals surface area contributed by atoms with E-state index in [0.717, 1.165) is 12.8 Å². The first-order chi connectivity index (χ1) is 8.18. The van der Waals surface area contributed by atoms with Gasteiger partial charge in [-0.2, -0.15) is 0 Å². The van der Waals surface area contributed by atoms with Crippen molar-refractivity contribution in [3.8, 4) is 0 Å². The number of hydrogen-bond donors (Lipinski definition) is 1.